The topological polar surface area (TPSA) is 90.7 Å². The number of rotatable bonds is 4. The molecule has 2 N–H and O–H groups in total. The molecule has 0 unspecified atom stereocenters. The third-order valence-electron chi connectivity index (χ3n) is 3.84. The first-order valence-electron chi connectivity index (χ1n) is 8.37. The first-order chi connectivity index (χ1) is 13.8. The molecule has 1 heterocycles. The summed E-state index contributed by atoms with van der Waals surface area (Å²) in [5.74, 6) is -0.695. The summed E-state index contributed by atoms with van der Waals surface area (Å²) >= 11 is 0. The van der Waals surface area contributed by atoms with E-state index in [1.165, 1.54) is 24.3 Å². The van der Waals surface area contributed by atoms with Crippen LogP contribution in [-0.2, 0) is 6.18 Å². The molecule has 1 amide bonds. The minimum atomic E-state index is -4.55. The molecule has 9 heteroatoms. The van der Waals surface area contributed by atoms with Crippen LogP contribution >= 0.6 is 0 Å². The quantitative estimate of drug-likeness (QED) is 0.668. The number of carbonyl (C=O) groups excluding carboxylic acids is 1. The average molecular weight is 397 g/mol. The zero-order valence-electron chi connectivity index (χ0n) is 15.1. The molecule has 29 heavy (non-hydrogen) atoms. The summed E-state index contributed by atoms with van der Waals surface area (Å²) in [5, 5.41) is 14.0. The van der Waals surface area contributed by atoms with E-state index in [0.717, 1.165) is 6.07 Å². The Hall–Kier alpha value is -3.93. The number of benzene rings is 2. The van der Waals surface area contributed by atoms with Gasteiger partial charge in [-0.05, 0) is 49.4 Å². The molecule has 3 aromatic rings. The Labute approximate surface area is 164 Å². The molecule has 1 aromatic heterocycles. The fourth-order valence-corrected chi connectivity index (χ4v) is 2.52. The maximum absolute atomic E-state index is 13.2. The molecule has 0 fully saturated rings. The monoisotopic (exact) mass is 397 g/mol. The lowest BCUT2D eigenvalue weighted by Gasteiger charge is -2.14. The van der Waals surface area contributed by atoms with E-state index >= 15 is 0 Å². The summed E-state index contributed by atoms with van der Waals surface area (Å²) in [4.78, 5) is 20.6. The van der Waals surface area contributed by atoms with Gasteiger partial charge in [0.25, 0.3) is 5.91 Å². The number of anilines is 3. The largest absolute Gasteiger partial charge is 0.418 e. The molecule has 0 atom stereocenters. The molecule has 0 radical (unpaired) electrons. The third kappa shape index (κ3) is 4.87. The second-order valence-corrected chi connectivity index (χ2v) is 6.03. The molecule has 3 rings (SSSR count). The van der Waals surface area contributed by atoms with Gasteiger partial charge in [0.1, 0.15) is 5.69 Å². The van der Waals surface area contributed by atoms with E-state index in [1.54, 1.807) is 31.2 Å². The minimum Gasteiger partial charge on any atom is -0.324 e. The number of nitrogens with zero attached hydrogens (tertiary/aromatic N) is 3. The van der Waals surface area contributed by atoms with E-state index in [1.807, 2.05) is 6.07 Å². The highest BCUT2D eigenvalue weighted by Crippen LogP contribution is 2.35. The number of aromatic nitrogens is 2. The van der Waals surface area contributed by atoms with Gasteiger partial charge in [0.05, 0.1) is 22.9 Å². The molecular weight excluding hydrogens is 383 g/mol. The summed E-state index contributed by atoms with van der Waals surface area (Å²) in [5.41, 5.74) is 0.182. The van der Waals surface area contributed by atoms with Gasteiger partial charge < -0.3 is 10.6 Å². The lowest BCUT2D eigenvalue weighted by Crippen LogP contribution is -2.16. The number of para-hydroxylation sites is 1. The number of carbonyl (C=O) groups is 1. The molecular formula is C20H14F3N5O. The lowest BCUT2D eigenvalue weighted by molar-refractivity contribution is -0.136. The van der Waals surface area contributed by atoms with Gasteiger partial charge in [-0.25, -0.2) is 9.97 Å². The smallest absolute Gasteiger partial charge is 0.324 e. The highest BCUT2D eigenvalue weighted by Gasteiger charge is 2.33. The zero-order valence-corrected chi connectivity index (χ0v) is 15.1. The van der Waals surface area contributed by atoms with Crippen molar-refractivity contribution in [1.82, 2.24) is 9.97 Å². The van der Waals surface area contributed by atoms with Gasteiger partial charge in [-0.2, -0.15) is 18.4 Å². The first kappa shape index (κ1) is 19.8. The number of hydrogen-bond acceptors (Lipinski definition) is 5. The molecule has 0 saturated carbocycles. The standard InChI is InChI=1S/C20H14F3N5O/c1-12-10-17(18(29)26-14-8-6-13(11-24)7-9-14)28-19(25-12)27-16-5-3-2-4-15(16)20(21,22)23/h2-10H,1H3,(H,26,29)(H,25,27,28). The molecule has 0 bridgehead atoms. The van der Waals surface area contributed by atoms with Gasteiger partial charge in [-0.3, -0.25) is 4.79 Å². The Balaban J connectivity index is 1.85. The molecule has 6 nitrogen and oxygen atoms in total. The van der Waals surface area contributed by atoms with Gasteiger partial charge in [0, 0.05) is 11.4 Å². The Kier molecular flexibility index (Phi) is 5.45. The van der Waals surface area contributed by atoms with Crippen LogP contribution in [0.15, 0.2) is 54.6 Å². The molecule has 0 spiro atoms. The number of amides is 1. The van der Waals surface area contributed by atoms with E-state index in [4.69, 9.17) is 5.26 Å². The van der Waals surface area contributed by atoms with Gasteiger partial charge in [-0.1, -0.05) is 12.1 Å². The van der Waals surface area contributed by atoms with E-state index in [9.17, 15) is 18.0 Å². The Bertz CT molecular complexity index is 1090. The fraction of sp³-hybridized carbons (Fsp3) is 0.100. The molecule has 0 aliphatic rings. The summed E-state index contributed by atoms with van der Waals surface area (Å²) in [6.07, 6.45) is -4.55. The van der Waals surface area contributed by atoms with Crippen LogP contribution in [0.1, 0.15) is 27.3 Å². The summed E-state index contributed by atoms with van der Waals surface area (Å²) < 4.78 is 39.5. The van der Waals surface area contributed by atoms with Crippen molar-refractivity contribution in [3.05, 3.63) is 77.1 Å². The summed E-state index contributed by atoms with van der Waals surface area (Å²) in [7, 11) is 0. The van der Waals surface area contributed by atoms with Gasteiger partial charge in [-0.15, -0.1) is 0 Å². The van der Waals surface area contributed by atoms with Crippen LogP contribution in [0, 0.1) is 18.3 Å². The highest BCUT2D eigenvalue weighted by atomic mass is 19.4. The summed E-state index contributed by atoms with van der Waals surface area (Å²) in [6, 6.07) is 14.5. The van der Waals surface area contributed by atoms with Crippen molar-refractivity contribution >= 4 is 23.2 Å². The summed E-state index contributed by atoms with van der Waals surface area (Å²) in [6.45, 7) is 1.60. The average Bonchev–Trinajstić information content (AvgIpc) is 2.67. The minimum absolute atomic E-state index is 0.0196. The Morgan fingerprint density at radius 3 is 2.41 bits per heavy atom. The number of nitrogens with one attached hydrogen (secondary N) is 2. The van der Waals surface area contributed by atoms with Crippen molar-refractivity contribution in [3.8, 4) is 6.07 Å². The maximum Gasteiger partial charge on any atom is 0.418 e. The van der Waals surface area contributed by atoms with Crippen LogP contribution in [0.25, 0.3) is 0 Å². The predicted octanol–water partition coefficient (Wildman–Crippen LogP) is 4.67. The number of hydrogen-bond donors (Lipinski definition) is 2. The Morgan fingerprint density at radius 2 is 1.76 bits per heavy atom. The lowest BCUT2D eigenvalue weighted by atomic mass is 10.1. The van der Waals surface area contributed by atoms with Gasteiger partial charge in [0.2, 0.25) is 5.95 Å². The maximum atomic E-state index is 13.2. The fourth-order valence-electron chi connectivity index (χ4n) is 2.52. The van der Waals surface area contributed by atoms with Crippen LogP contribution in [-0.4, -0.2) is 15.9 Å². The van der Waals surface area contributed by atoms with Crippen LogP contribution in [0.3, 0.4) is 0 Å². The van der Waals surface area contributed by atoms with Crippen LogP contribution in [0.4, 0.5) is 30.5 Å². The normalized spacial score (nSPS) is 10.9. The highest BCUT2D eigenvalue weighted by molar-refractivity contribution is 6.03. The first-order valence-corrected chi connectivity index (χ1v) is 8.37. The zero-order chi connectivity index (χ0) is 21.0. The molecule has 0 saturated heterocycles. The third-order valence-corrected chi connectivity index (χ3v) is 3.84. The van der Waals surface area contributed by atoms with Gasteiger partial charge >= 0.3 is 6.18 Å². The van der Waals surface area contributed by atoms with Crippen molar-refractivity contribution < 1.29 is 18.0 Å². The van der Waals surface area contributed by atoms with Crippen molar-refractivity contribution in [3.63, 3.8) is 0 Å². The molecule has 146 valence electrons. The van der Waals surface area contributed by atoms with E-state index in [-0.39, 0.29) is 17.3 Å². The second-order valence-electron chi connectivity index (χ2n) is 6.03. The predicted molar refractivity (Wildman–Crippen MR) is 101 cm³/mol. The second kappa shape index (κ2) is 7.98. The number of alkyl halides is 3. The number of halogens is 3. The molecule has 2 aromatic carbocycles. The molecule has 0 aliphatic carbocycles. The van der Waals surface area contributed by atoms with Crippen molar-refractivity contribution in [1.29, 1.82) is 5.26 Å². The van der Waals surface area contributed by atoms with Crippen molar-refractivity contribution in [2.24, 2.45) is 0 Å². The molecule has 0 aliphatic heterocycles. The SMILES string of the molecule is Cc1cc(C(=O)Nc2ccc(C#N)cc2)nc(Nc2ccccc2C(F)(F)F)n1. The van der Waals surface area contributed by atoms with E-state index in [0.29, 0.717) is 16.9 Å². The van der Waals surface area contributed by atoms with Crippen LogP contribution < -0.4 is 10.6 Å². The van der Waals surface area contributed by atoms with Gasteiger partial charge in [0.15, 0.2) is 0 Å². The van der Waals surface area contributed by atoms with Crippen molar-refractivity contribution in [2.45, 2.75) is 13.1 Å². The van der Waals surface area contributed by atoms with Crippen molar-refractivity contribution in [2.75, 3.05) is 10.6 Å². The van der Waals surface area contributed by atoms with E-state index in [2.05, 4.69) is 20.6 Å². The van der Waals surface area contributed by atoms with E-state index < -0.39 is 17.6 Å². The number of aryl methyl sites for hydroxylation is 1. The van der Waals surface area contributed by atoms with Crippen LogP contribution in [0.2, 0.25) is 0 Å². The Morgan fingerprint density at radius 1 is 1.07 bits per heavy atom. The van der Waals surface area contributed by atoms with Crippen LogP contribution in [0.5, 0.6) is 0 Å². The number of nitriles is 1.